The zero-order valence-corrected chi connectivity index (χ0v) is 17.5. The molecule has 1 unspecified atom stereocenters. The first-order valence-electron chi connectivity index (χ1n) is 10.8. The van der Waals surface area contributed by atoms with Crippen molar-refractivity contribution in [3.8, 4) is 5.88 Å². The Balaban J connectivity index is 1.30. The molecule has 2 fully saturated rings. The van der Waals surface area contributed by atoms with Crippen LogP contribution in [0.3, 0.4) is 0 Å². The van der Waals surface area contributed by atoms with Crippen LogP contribution >= 0.6 is 0 Å². The summed E-state index contributed by atoms with van der Waals surface area (Å²) in [7, 11) is 1.64. The molecule has 2 aromatic rings. The van der Waals surface area contributed by atoms with Crippen LogP contribution < -0.4 is 4.74 Å². The van der Waals surface area contributed by atoms with E-state index in [0.717, 1.165) is 52.1 Å². The van der Waals surface area contributed by atoms with E-state index >= 15 is 0 Å². The molecule has 0 radical (unpaired) electrons. The highest BCUT2D eigenvalue weighted by atomic mass is 16.5. The third-order valence-corrected chi connectivity index (χ3v) is 6.59. The van der Waals surface area contributed by atoms with Crippen molar-refractivity contribution in [2.24, 2.45) is 5.41 Å². The second kappa shape index (κ2) is 9.24. The van der Waals surface area contributed by atoms with Crippen molar-refractivity contribution in [3.05, 3.63) is 59.8 Å². The average Bonchev–Trinajstić information content (AvgIpc) is 2.74. The smallest absolute Gasteiger partial charge is 0.212 e. The highest BCUT2D eigenvalue weighted by Gasteiger charge is 2.41. The molecule has 3 heterocycles. The molecule has 0 bridgehead atoms. The van der Waals surface area contributed by atoms with Gasteiger partial charge < -0.3 is 14.7 Å². The molecular formula is C24H33N3O2. The molecule has 1 aromatic carbocycles. The molecular weight excluding hydrogens is 362 g/mol. The first-order valence-corrected chi connectivity index (χ1v) is 10.8. The van der Waals surface area contributed by atoms with Crippen LogP contribution in [-0.4, -0.2) is 65.8 Å². The maximum Gasteiger partial charge on any atom is 0.212 e. The number of aromatic nitrogens is 1. The lowest BCUT2D eigenvalue weighted by atomic mass is 9.71. The fourth-order valence-corrected chi connectivity index (χ4v) is 5.01. The SMILES string of the molecule is COc1ccc(CN2CC(O)CC3(CCN(CCc4ccccc4)CC3)C2)cn1. The van der Waals surface area contributed by atoms with Crippen molar-refractivity contribution in [2.75, 3.05) is 39.8 Å². The van der Waals surface area contributed by atoms with E-state index in [9.17, 15) is 5.11 Å². The van der Waals surface area contributed by atoms with Gasteiger partial charge in [-0.1, -0.05) is 36.4 Å². The van der Waals surface area contributed by atoms with Crippen LogP contribution in [0.25, 0.3) is 0 Å². The van der Waals surface area contributed by atoms with Gasteiger partial charge in [-0.3, -0.25) is 4.90 Å². The van der Waals surface area contributed by atoms with Crippen LogP contribution in [0.5, 0.6) is 5.88 Å². The number of likely N-dealkylation sites (tertiary alicyclic amines) is 2. The van der Waals surface area contributed by atoms with E-state index in [2.05, 4.69) is 51.2 Å². The summed E-state index contributed by atoms with van der Waals surface area (Å²) in [6, 6.07) is 14.7. The third kappa shape index (κ3) is 5.35. The zero-order chi connectivity index (χ0) is 20.1. The highest BCUT2D eigenvalue weighted by Crippen LogP contribution is 2.40. The van der Waals surface area contributed by atoms with Crippen LogP contribution in [0, 0.1) is 5.41 Å². The Labute approximate surface area is 174 Å². The van der Waals surface area contributed by atoms with Crippen molar-refractivity contribution in [1.29, 1.82) is 0 Å². The van der Waals surface area contributed by atoms with Gasteiger partial charge in [0.15, 0.2) is 0 Å². The number of nitrogens with zero attached hydrogens (tertiary/aromatic N) is 3. The van der Waals surface area contributed by atoms with Crippen LogP contribution in [0.15, 0.2) is 48.7 Å². The van der Waals surface area contributed by atoms with E-state index in [1.165, 1.54) is 24.0 Å². The van der Waals surface area contributed by atoms with E-state index in [1.54, 1.807) is 7.11 Å². The van der Waals surface area contributed by atoms with Gasteiger partial charge in [0.1, 0.15) is 0 Å². The van der Waals surface area contributed by atoms with E-state index in [-0.39, 0.29) is 11.5 Å². The van der Waals surface area contributed by atoms with Gasteiger partial charge in [-0.15, -0.1) is 0 Å². The van der Waals surface area contributed by atoms with Crippen LogP contribution in [-0.2, 0) is 13.0 Å². The minimum Gasteiger partial charge on any atom is -0.481 e. The molecule has 5 heteroatoms. The molecule has 2 aliphatic rings. The summed E-state index contributed by atoms with van der Waals surface area (Å²) in [5.74, 6) is 0.645. The summed E-state index contributed by atoms with van der Waals surface area (Å²) in [5.41, 5.74) is 2.84. The minimum absolute atomic E-state index is 0.231. The Morgan fingerprint density at radius 2 is 1.86 bits per heavy atom. The number of aliphatic hydroxyl groups is 1. The Kier molecular flexibility index (Phi) is 6.48. The van der Waals surface area contributed by atoms with Gasteiger partial charge in [0, 0.05) is 38.4 Å². The average molecular weight is 396 g/mol. The first-order chi connectivity index (χ1) is 14.1. The van der Waals surface area contributed by atoms with E-state index < -0.39 is 0 Å². The fraction of sp³-hybridized carbons (Fsp3) is 0.542. The van der Waals surface area contributed by atoms with Gasteiger partial charge in [-0.25, -0.2) is 4.98 Å². The van der Waals surface area contributed by atoms with Crippen LogP contribution in [0.1, 0.15) is 30.4 Å². The van der Waals surface area contributed by atoms with Crippen molar-refractivity contribution >= 4 is 0 Å². The monoisotopic (exact) mass is 395 g/mol. The maximum absolute atomic E-state index is 10.6. The lowest BCUT2D eigenvalue weighted by Crippen LogP contribution is -2.53. The zero-order valence-electron chi connectivity index (χ0n) is 17.5. The summed E-state index contributed by atoms with van der Waals surface area (Å²) in [4.78, 5) is 9.33. The number of rotatable bonds is 6. The van der Waals surface area contributed by atoms with Gasteiger partial charge in [0.25, 0.3) is 0 Å². The van der Waals surface area contributed by atoms with Crippen LogP contribution in [0.4, 0.5) is 0 Å². The molecule has 0 amide bonds. The number of benzene rings is 1. The molecule has 1 aromatic heterocycles. The van der Waals surface area contributed by atoms with Gasteiger partial charge >= 0.3 is 0 Å². The molecule has 1 N–H and O–H groups in total. The molecule has 5 nitrogen and oxygen atoms in total. The predicted molar refractivity (Wildman–Crippen MR) is 115 cm³/mol. The summed E-state index contributed by atoms with van der Waals surface area (Å²) in [6.45, 7) is 6.07. The summed E-state index contributed by atoms with van der Waals surface area (Å²) < 4.78 is 5.15. The lowest BCUT2D eigenvalue weighted by molar-refractivity contribution is -0.0435. The number of pyridine rings is 1. The van der Waals surface area contributed by atoms with Crippen molar-refractivity contribution in [2.45, 2.75) is 38.3 Å². The fourth-order valence-electron chi connectivity index (χ4n) is 5.01. The number of β-amino-alcohol motifs (C(OH)–C–C–N with tert-alkyl or cyclic N) is 1. The number of piperidine rings is 2. The second-order valence-electron chi connectivity index (χ2n) is 8.81. The molecule has 2 aliphatic heterocycles. The first kappa shape index (κ1) is 20.3. The summed E-state index contributed by atoms with van der Waals surface area (Å²) in [6.07, 6.45) is 6.07. The molecule has 0 saturated carbocycles. The van der Waals surface area contributed by atoms with Gasteiger partial charge in [0.05, 0.1) is 13.2 Å². The number of ether oxygens (including phenoxy) is 1. The lowest BCUT2D eigenvalue weighted by Gasteiger charge is -2.49. The van der Waals surface area contributed by atoms with E-state index in [0.29, 0.717) is 5.88 Å². The topological polar surface area (TPSA) is 48.8 Å². The molecule has 1 spiro atoms. The number of aliphatic hydroxyl groups excluding tert-OH is 1. The highest BCUT2D eigenvalue weighted by molar-refractivity contribution is 5.18. The molecule has 1 atom stereocenters. The van der Waals surface area contributed by atoms with Crippen molar-refractivity contribution in [3.63, 3.8) is 0 Å². The van der Waals surface area contributed by atoms with E-state index in [4.69, 9.17) is 4.74 Å². The normalized spacial score (nSPS) is 22.6. The Morgan fingerprint density at radius 3 is 2.55 bits per heavy atom. The van der Waals surface area contributed by atoms with Gasteiger partial charge in [-0.05, 0) is 55.3 Å². The van der Waals surface area contributed by atoms with Gasteiger partial charge in [0.2, 0.25) is 5.88 Å². The van der Waals surface area contributed by atoms with E-state index in [1.807, 2.05) is 12.3 Å². The largest absolute Gasteiger partial charge is 0.481 e. The van der Waals surface area contributed by atoms with Crippen LogP contribution in [0.2, 0.25) is 0 Å². The maximum atomic E-state index is 10.6. The molecule has 2 saturated heterocycles. The number of hydrogen-bond donors (Lipinski definition) is 1. The molecule has 4 rings (SSSR count). The predicted octanol–water partition coefficient (Wildman–Crippen LogP) is 2.98. The quantitative estimate of drug-likeness (QED) is 0.815. The second-order valence-corrected chi connectivity index (χ2v) is 8.81. The van der Waals surface area contributed by atoms with Gasteiger partial charge in [-0.2, -0.15) is 0 Å². The minimum atomic E-state index is -0.231. The summed E-state index contributed by atoms with van der Waals surface area (Å²) in [5, 5.41) is 10.6. The Hall–Kier alpha value is -1.95. The number of hydrogen-bond acceptors (Lipinski definition) is 5. The standard InChI is InChI=1S/C24H33N3O2/c1-29-23-8-7-21(16-25-23)17-27-18-22(28)15-24(19-27)10-13-26(14-11-24)12-9-20-5-3-2-4-6-20/h2-8,16,22,28H,9-15,17-19H2,1H3. The van der Waals surface area contributed by atoms with Crippen molar-refractivity contribution in [1.82, 2.24) is 14.8 Å². The Morgan fingerprint density at radius 1 is 1.07 bits per heavy atom. The summed E-state index contributed by atoms with van der Waals surface area (Å²) >= 11 is 0. The Bertz CT molecular complexity index is 757. The molecule has 156 valence electrons. The van der Waals surface area contributed by atoms with Crippen molar-refractivity contribution < 1.29 is 9.84 Å². The third-order valence-electron chi connectivity index (χ3n) is 6.59. The molecule has 29 heavy (non-hydrogen) atoms. The number of methoxy groups -OCH3 is 1. The molecule has 0 aliphatic carbocycles.